The van der Waals surface area contributed by atoms with Gasteiger partial charge in [0, 0.05) is 42.6 Å². The average Bonchev–Trinajstić information content (AvgIpc) is 3.11. The molecule has 3 aromatic rings. The highest BCUT2D eigenvalue weighted by Gasteiger charge is 2.18. The van der Waals surface area contributed by atoms with Crippen LogP contribution < -0.4 is 10.2 Å². The van der Waals surface area contributed by atoms with Gasteiger partial charge in [0.2, 0.25) is 0 Å². The van der Waals surface area contributed by atoms with Gasteiger partial charge in [0.25, 0.3) is 5.91 Å². The van der Waals surface area contributed by atoms with Crippen molar-refractivity contribution in [3.05, 3.63) is 64.9 Å². The summed E-state index contributed by atoms with van der Waals surface area (Å²) in [5.41, 5.74) is 3.59. The summed E-state index contributed by atoms with van der Waals surface area (Å²) >= 11 is 6.05. The quantitative estimate of drug-likeness (QED) is 0.715. The van der Waals surface area contributed by atoms with Gasteiger partial charge in [0.1, 0.15) is 0 Å². The van der Waals surface area contributed by atoms with Gasteiger partial charge in [-0.2, -0.15) is 0 Å². The number of rotatable bonds is 4. The van der Waals surface area contributed by atoms with Crippen LogP contribution in [-0.2, 0) is 0 Å². The second-order valence-corrected chi connectivity index (χ2v) is 7.64. The van der Waals surface area contributed by atoms with Crippen molar-refractivity contribution >= 4 is 28.9 Å². The number of carbonyl (C=O) groups excluding carboxylic acids is 1. The van der Waals surface area contributed by atoms with E-state index in [1.807, 2.05) is 43.3 Å². The number of amides is 1. The molecule has 0 bridgehead atoms. The SMILES string of the molecule is Cc1c(C(=O)Nc2ccc(N3CCN(C)CC3)cc2)nnn1-c1cccc(Cl)c1. The molecule has 0 aliphatic carbocycles. The molecule has 150 valence electrons. The Morgan fingerprint density at radius 3 is 2.45 bits per heavy atom. The largest absolute Gasteiger partial charge is 0.369 e. The summed E-state index contributed by atoms with van der Waals surface area (Å²) in [4.78, 5) is 17.4. The number of aromatic nitrogens is 3. The molecule has 0 saturated carbocycles. The van der Waals surface area contributed by atoms with Crippen LogP contribution in [-0.4, -0.2) is 59.0 Å². The number of nitrogens with one attached hydrogen (secondary N) is 1. The fraction of sp³-hybridized carbons (Fsp3) is 0.286. The van der Waals surface area contributed by atoms with Crippen molar-refractivity contribution in [1.82, 2.24) is 19.9 Å². The molecule has 0 spiro atoms. The van der Waals surface area contributed by atoms with Gasteiger partial charge in [-0.3, -0.25) is 4.79 Å². The lowest BCUT2D eigenvalue weighted by atomic mass is 10.2. The van der Waals surface area contributed by atoms with Gasteiger partial charge < -0.3 is 15.1 Å². The maximum atomic E-state index is 12.7. The van der Waals surface area contributed by atoms with Crippen LogP contribution >= 0.6 is 11.6 Å². The first-order chi connectivity index (χ1) is 14.0. The Balaban J connectivity index is 1.46. The minimum atomic E-state index is -0.289. The molecule has 29 heavy (non-hydrogen) atoms. The first-order valence-electron chi connectivity index (χ1n) is 9.54. The number of carbonyl (C=O) groups is 1. The normalized spacial score (nSPS) is 14.8. The fourth-order valence-electron chi connectivity index (χ4n) is 3.40. The fourth-order valence-corrected chi connectivity index (χ4v) is 3.59. The Bertz CT molecular complexity index is 1010. The molecule has 0 radical (unpaired) electrons. The number of halogens is 1. The summed E-state index contributed by atoms with van der Waals surface area (Å²) in [5, 5.41) is 11.7. The molecule has 2 heterocycles. The van der Waals surface area contributed by atoms with Gasteiger partial charge in [-0.25, -0.2) is 4.68 Å². The molecule has 4 rings (SSSR count). The molecule has 1 saturated heterocycles. The van der Waals surface area contributed by atoms with Crippen LogP contribution in [0, 0.1) is 6.92 Å². The van der Waals surface area contributed by atoms with Gasteiger partial charge in [-0.1, -0.05) is 22.9 Å². The Labute approximate surface area is 174 Å². The van der Waals surface area contributed by atoms with Crippen LogP contribution in [0.15, 0.2) is 48.5 Å². The lowest BCUT2D eigenvalue weighted by Gasteiger charge is -2.34. The molecule has 7 nitrogen and oxygen atoms in total. The number of likely N-dealkylation sites (N-methyl/N-ethyl adjacent to an activating group) is 1. The molecule has 1 aromatic heterocycles. The van der Waals surface area contributed by atoms with E-state index in [2.05, 4.69) is 32.5 Å². The first-order valence-corrected chi connectivity index (χ1v) is 9.92. The van der Waals surface area contributed by atoms with Gasteiger partial charge >= 0.3 is 0 Å². The van der Waals surface area contributed by atoms with Crippen LogP contribution in [0.5, 0.6) is 0 Å². The molecule has 2 aromatic carbocycles. The summed E-state index contributed by atoms with van der Waals surface area (Å²) < 4.78 is 1.61. The van der Waals surface area contributed by atoms with E-state index >= 15 is 0 Å². The highest BCUT2D eigenvalue weighted by atomic mass is 35.5. The second-order valence-electron chi connectivity index (χ2n) is 7.21. The van der Waals surface area contributed by atoms with Gasteiger partial charge in [-0.05, 0) is 56.4 Å². The monoisotopic (exact) mass is 410 g/mol. The number of hydrogen-bond donors (Lipinski definition) is 1. The summed E-state index contributed by atoms with van der Waals surface area (Å²) in [6, 6.07) is 15.2. The van der Waals surface area contributed by atoms with Crippen LogP contribution in [0.2, 0.25) is 5.02 Å². The third kappa shape index (κ3) is 4.26. The zero-order chi connectivity index (χ0) is 20.4. The maximum Gasteiger partial charge on any atom is 0.278 e. The topological polar surface area (TPSA) is 66.3 Å². The molecular formula is C21H23ClN6O. The van der Waals surface area contributed by atoms with Crippen LogP contribution in [0.3, 0.4) is 0 Å². The summed E-state index contributed by atoms with van der Waals surface area (Å²) in [6.45, 7) is 5.94. The standard InChI is InChI=1S/C21H23ClN6O/c1-15-20(24-25-28(15)19-5-3-4-16(22)14-19)21(29)23-17-6-8-18(9-7-17)27-12-10-26(2)11-13-27/h3-9,14H,10-13H2,1-2H3,(H,23,29). The van der Waals surface area contributed by atoms with Crippen molar-refractivity contribution in [2.24, 2.45) is 0 Å². The van der Waals surface area contributed by atoms with Crippen molar-refractivity contribution in [2.45, 2.75) is 6.92 Å². The summed E-state index contributed by atoms with van der Waals surface area (Å²) in [5.74, 6) is -0.289. The second kappa shape index (κ2) is 8.23. The Kier molecular flexibility index (Phi) is 5.51. The van der Waals surface area contributed by atoms with E-state index in [1.54, 1.807) is 16.8 Å². The Morgan fingerprint density at radius 2 is 1.76 bits per heavy atom. The molecular weight excluding hydrogens is 388 g/mol. The third-order valence-corrected chi connectivity index (χ3v) is 5.39. The lowest BCUT2D eigenvalue weighted by Crippen LogP contribution is -2.44. The van der Waals surface area contributed by atoms with Crippen molar-refractivity contribution in [3.63, 3.8) is 0 Å². The average molecular weight is 411 g/mol. The molecule has 8 heteroatoms. The van der Waals surface area contributed by atoms with Crippen LogP contribution in [0.4, 0.5) is 11.4 Å². The Morgan fingerprint density at radius 1 is 1.03 bits per heavy atom. The van der Waals surface area contributed by atoms with Gasteiger partial charge in [0.05, 0.1) is 11.4 Å². The molecule has 1 aliphatic heterocycles. The van der Waals surface area contributed by atoms with Crippen molar-refractivity contribution < 1.29 is 4.79 Å². The van der Waals surface area contributed by atoms with Crippen molar-refractivity contribution in [1.29, 1.82) is 0 Å². The van der Waals surface area contributed by atoms with E-state index < -0.39 is 0 Å². The highest BCUT2D eigenvalue weighted by molar-refractivity contribution is 6.30. The van der Waals surface area contributed by atoms with E-state index in [0.717, 1.165) is 37.6 Å². The number of hydrogen-bond acceptors (Lipinski definition) is 5. The van der Waals surface area contributed by atoms with Gasteiger partial charge in [0.15, 0.2) is 5.69 Å². The maximum absolute atomic E-state index is 12.7. The minimum Gasteiger partial charge on any atom is -0.369 e. The van der Waals surface area contributed by atoms with E-state index in [4.69, 9.17) is 11.6 Å². The van der Waals surface area contributed by atoms with E-state index in [9.17, 15) is 4.79 Å². The van der Waals surface area contributed by atoms with Crippen molar-refractivity contribution in [2.75, 3.05) is 43.4 Å². The minimum absolute atomic E-state index is 0.285. The Hall–Kier alpha value is -2.90. The van der Waals surface area contributed by atoms with Gasteiger partial charge in [-0.15, -0.1) is 5.10 Å². The molecule has 1 aliphatic rings. The van der Waals surface area contributed by atoms with E-state index in [1.165, 1.54) is 5.69 Å². The number of piperazine rings is 1. The number of anilines is 2. The zero-order valence-corrected chi connectivity index (χ0v) is 17.2. The zero-order valence-electron chi connectivity index (χ0n) is 16.5. The lowest BCUT2D eigenvalue weighted by molar-refractivity contribution is 0.102. The van der Waals surface area contributed by atoms with E-state index in [0.29, 0.717) is 10.7 Å². The highest BCUT2D eigenvalue weighted by Crippen LogP contribution is 2.21. The molecule has 0 atom stereocenters. The first kappa shape index (κ1) is 19.4. The van der Waals surface area contributed by atoms with Crippen LogP contribution in [0.25, 0.3) is 5.69 Å². The molecule has 1 fully saturated rings. The van der Waals surface area contributed by atoms with Crippen molar-refractivity contribution in [3.8, 4) is 5.69 Å². The predicted molar refractivity (Wildman–Crippen MR) is 115 cm³/mol. The predicted octanol–water partition coefficient (Wildman–Crippen LogP) is 3.23. The van der Waals surface area contributed by atoms with E-state index in [-0.39, 0.29) is 11.6 Å². The third-order valence-electron chi connectivity index (χ3n) is 5.16. The molecule has 0 unspecified atom stereocenters. The molecule has 1 N–H and O–H groups in total. The number of benzene rings is 2. The summed E-state index contributed by atoms with van der Waals surface area (Å²) in [6.07, 6.45) is 0. The summed E-state index contributed by atoms with van der Waals surface area (Å²) in [7, 11) is 2.14. The van der Waals surface area contributed by atoms with Crippen LogP contribution in [0.1, 0.15) is 16.2 Å². The smallest absolute Gasteiger partial charge is 0.278 e. The molecule has 1 amide bonds. The number of nitrogens with zero attached hydrogens (tertiary/aromatic N) is 5.